The van der Waals surface area contributed by atoms with Gasteiger partial charge in [-0.1, -0.05) is 30.3 Å². The van der Waals surface area contributed by atoms with Crippen molar-refractivity contribution >= 4 is 22.6 Å². The Bertz CT molecular complexity index is 820. The number of hydrogen-bond acceptors (Lipinski definition) is 3. The summed E-state index contributed by atoms with van der Waals surface area (Å²) >= 11 is -2.39. The molecule has 0 bridgehead atoms. The normalized spacial score (nSPS) is 11.9. The number of anilines is 2. The third kappa shape index (κ3) is 3.31. The lowest BCUT2D eigenvalue weighted by molar-refractivity contribution is 0.537. The molecule has 0 fully saturated rings. The second-order valence-corrected chi connectivity index (χ2v) is 5.88. The van der Waals surface area contributed by atoms with E-state index in [1.54, 1.807) is 30.5 Å². The molecule has 23 heavy (non-hydrogen) atoms. The number of aryl methyl sites for hydroxylation is 1. The van der Waals surface area contributed by atoms with E-state index in [9.17, 15) is 8.76 Å². The molecule has 0 N–H and O–H groups in total. The van der Waals surface area contributed by atoms with E-state index in [4.69, 9.17) is 0 Å². The molecule has 116 valence electrons. The van der Waals surface area contributed by atoms with Gasteiger partial charge >= 0.3 is 0 Å². The molecule has 0 aliphatic heterocycles. The van der Waals surface area contributed by atoms with Crippen LogP contribution in [-0.4, -0.2) is 13.7 Å². The predicted molar refractivity (Wildman–Crippen MR) is 91.9 cm³/mol. The molecule has 0 amide bonds. The lowest BCUT2D eigenvalue weighted by Gasteiger charge is -2.26. The minimum atomic E-state index is -2.39. The van der Waals surface area contributed by atoms with Crippen LogP contribution in [0.5, 0.6) is 0 Å². The van der Waals surface area contributed by atoms with Crippen LogP contribution in [0.25, 0.3) is 11.1 Å². The first-order valence-electron chi connectivity index (χ1n) is 7.12. The van der Waals surface area contributed by atoms with Gasteiger partial charge in [-0.05, 0) is 48.4 Å². The number of hydrogen-bond donors (Lipinski definition) is 0. The van der Waals surface area contributed by atoms with Gasteiger partial charge in [0.15, 0.2) is 0 Å². The first-order valence-corrected chi connectivity index (χ1v) is 8.15. The summed E-state index contributed by atoms with van der Waals surface area (Å²) in [4.78, 5) is 4.15. The van der Waals surface area contributed by atoms with E-state index in [-0.39, 0.29) is 0 Å². The van der Waals surface area contributed by atoms with Gasteiger partial charge in [0.05, 0.1) is 22.6 Å². The minimum Gasteiger partial charge on any atom is -0.755 e. The number of para-hydroxylation sites is 1. The third-order valence-electron chi connectivity index (χ3n) is 3.59. The van der Waals surface area contributed by atoms with Crippen LogP contribution in [0.3, 0.4) is 0 Å². The van der Waals surface area contributed by atoms with E-state index in [0.29, 0.717) is 11.4 Å². The lowest BCUT2D eigenvalue weighted by Crippen LogP contribution is -2.19. The van der Waals surface area contributed by atoms with E-state index in [1.165, 1.54) is 4.31 Å². The number of pyridine rings is 1. The number of aromatic nitrogens is 1. The molecule has 1 aromatic heterocycles. The quantitative estimate of drug-likeness (QED) is 0.682. The predicted octanol–water partition coefficient (Wildman–Crippen LogP) is 3.99. The molecule has 1 heterocycles. The van der Waals surface area contributed by atoms with Gasteiger partial charge in [-0.25, -0.2) is 0 Å². The molecule has 0 aliphatic carbocycles. The zero-order chi connectivity index (χ0) is 16.2. The number of rotatable bonds is 4. The number of nitrogens with zero attached hydrogens (tertiary/aromatic N) is 2. The highest BCUT2D eigenvalue weighted by Crippen LogP contribution is 2.29. The van der Waals surface area contributed by atoms with Crippen LogP contribution in [0.1, 0.15) is 5.56 Å². The molecule has 0 saturated carbocycles. The van der Waals surface area contributed by atoms with Crippen molar-refractivity contribution in [3.63, 3.8) is 0 Å². The SMILES string of the molecule is Cc1ccncc1-c1ccc(N(c2ccccc2)S(=O)[O-])cc1. The second-order valence-electron chi connectivity index (χ2n) is 5.08. The van der Waals surface area contributed by atoms with Gasteiger partial charge in [-0.2, -0.15) is 0 Å². The molecule has 3 rings (SSSR count). The van der Waals surface area contributed by atoms with Crippen LogP contribution in [0.4, 0.5) is 11.4 Å². The fourth-order valence-electron chi connectivity index (χ4n) is 2.43. The zero-order valence-electron chi connectivity index (χ0n) is 12.5. The molecule has 3 aromatic rings. The van der Waals surface area contributed by atoms with Crippen LogP contribution < -0.4 is 4.31 Å². The van der Waals surface area contributed by atoms with Crippen LogP contribution >= 0.6 is 0 Å². The van der Waals surface area contributed by atoms with Gasteiger partial charge in [0.2, 0.25) is 0 Å². The first kappa shape index (κ1) is 15.4. The zero-order valence-corrected chi connectivity index (χ0v) is 13.4. The Balaban J connectivity index is 1.98. The highest BCUT2D eigenvalue weighted by molar-refractivity contribution is 7.81. The fraction of sp³-hybridized carbons (Fsp3) is 0.0556. The van der Waals surface area contributed by atoms with E-state index >= 15 is 0 Å². The maximum atomic E-state index is 11.6. The van der Waals surface area contributed by atoms with Crippen molar-refractivity contribution < 1.29 is 8.76 Å². The van der Waals surface area contributed by atoms with Crippen molar-refractivity contribution in [3.8, 4) is 11.1 Å². The van der Waals surface area contributed by atoms with Crippen molar-refractivity contribution in [2.24, 2.45) is 0 Å². The largest absolute Gasteiger partial charge is 0.755 e. The van der Waals surface area contributed by atoms with Crippen LogP contribution in [0.15, 0.2) is 73.1 Å². The van der Waals surface area contributed by atoms with Gasteiger partial charge in [-0.15, -0.1) is 0 Å². The smallest absolute Gasteiger partial charge is 0.0538 e. The maximum Gasteiger partial charge on any atom is 0.0538 e. The minimum absolute atomic E-state index is 0.592. The van der Waals surface area contributed by atoms with Crippen molar-refractivity contribution in [1.82, 2.24) is 4.98 Å². The van der Waals surface area contributed by atoms with Gasteiger partial charge in [0.25, 0.3) is 0 Å². The molecule has 0 saturated heterocycles. The van der Waals surface area contributed by atoms with E-state index in [1.807, 2.05) is 49.5 Å². The summed E-state index contributed by atoms with van der Waals surface area (Å²) in [6, 6.07) is 18.3. The molecule has 0 spiro atoms. The highest BCUT2D eigenvalue weighted by atomic mass is 32.2. The summed E-state index contributed by atoms with van der Waals surface area (Å²) in [6.07, 6.45) is 3.57. The van der Waals surface area contributed by atoms with Crippen molar-refractivity contribution in [1.29, 1.82) is 0 Å². The Morgan fingerprint density at radius 1 is 0.957 bits per heavy atom. The summed E-state index contributed by atoms with van der Waals surface area (Å²) in [5.41, 5.74) is 4.36. The summed E-state index contributed by atoms with van der Waals surface area (Å²) in [5, 5.41) is 0. The summed E-state index contributed by atoms with van der Waals surface area (Å²) < 4.78 is 24.5. The molecule has 1 unspecified atom stereocenters. The van der Waals surface area contributed by atoms with Crippen LogP contribution in [0, 0.1) is 6.92 Å². The van der Waals surface area contributed by atoms with Crippen molar-refractivity contribution in [2.75, 3.05) is 4.31 Å². The van der Waals surface area contributed by atoms with E-state index in [2.05, 4.69) is 4.98 Å². The van der Waals surface area contributed by atoms with E-state index in [0.717, 1.165) is 16.7 Å². The van der Waals surface area contributed by atoms with Crippen molar-refractivity contribution in [3.05, 3.63) is 78.6 Å². The first-order chi connectivity index (χ1) is 11.2. The standard InChI is InChI=1S/C18H16N2O2S/c1-14-11-12-19-13-18(14)15-7-9-17(10-8-15)20(23(21)22)16-5-3-2-4-6-16/h2-13H,1H3,(H,21,22)/p-1. The second kappa shape index (κ2) is 6.73. The summed E-state index contributed by atoms with van der Waals surface area (Å²) in [7, 11) is 0. The molecule has 0 aliphatic rings. The average molecular weight is 323 g/mol. The Kier molecular flexibility index (Phi) is 4.50. The van der Waals surface area contributed by atoms with E-state index < -0.39 is 11.3 Å². The topological polar surface area (TPSA) is 56.3 Å². The lowest BCUT2D eigenvalue weighted by atomic mass is 10.0. The Labute approximate surface area is 137 Å². The van der Waals surface area contributed by atoms with Gasteiger partial charge in [0.1, 0.15) is 0 Å². The van der Waals surface area contributed by atoms with Gasteiger partial charge in [0, 0.05) is 18.0 Å². The summed E-state index contributed by atoms with van der Waals surface area (Å²) in [6.45, 7) is 2.02. The Morgan fingerprint density at radius 3 is 2.22 bits per heavy atom. The molecular formula is C18H15N2O2S-. The highest BCUT2D eigenvalue weighted by Gasteiger charge is 2.10. The number of benzene rings is 2. The Morgan fingerprint density at radius 2 is 1.61 bits per heavy atom. The monoisotopic (exact) mass is 323 g/mol. The van der Waals surface area contributed by atoms with Gasteiger partial charge < -0.3 is 4.55 Å². The van der Waals surface area contributed by atoms with Crippen LogP contribution in [-0.2, 0) is 11.3 Å². The molecule has 1 atom stereocenters. The molecule has 5 heteroatoms. The average Bonchev–Trinajstić information content (AvgIpc) is 2.57. The van der Waals surface area contributed by atoms with Gasteiger partial charge in [-0.3, -0.25) is 13.5 Å². The molecule has 2 aromatic carbocycles. The maximum absolute atomic E-state index is 11.6. The summed E-state index contributed by atoms with van der Waals surface area (Å²) in [5.74, 6) is 0. The van der Waals surface area contributed by atoms with Crippen LogP contribution in [0.2, 0.25) is 0 Å². The molecule has 0 radical (unpaired) electrons. The fourth-order valence-corrected chi connectivity index (χ4v) is 3.01. The molecular weight excluding hydrogens is 308 g/mol. The Hall–Kier alpha value is -2.50. The molecule has 4 nitrogen and oxygen atoms in total. The third-order valence-corrected chi connectivity index (χ3v) is 4.31. The van der Waals surface area contributed by atoms with Crippen molar-refractivity contribution in [2.45, 2.75) is 6.92 Å².